The molecule has 0 heterocycles. The highest BCUT2D eigenvalue weighted by molar-refractivity contribution is 5.93. The zero-order chi connectivity index (χ0) is 27.5. The average molecular weight is 509 g/mol. The Labute approximate surface area is 210 Å². The molecule has 0 aromatic heterocycles. The summed E-state index contributed by atoms with van der Waals surface area (Å²) < 4.78 is 9.78. The Morgan fingerprint density at radius 2 is 1.72 bits per heavy atom. The van der Waals surface area contributed by atoms with Crippen LogP contribution in [0.3, 0.4) is 0 Å². The number of hydrogen-bond acceptors (Lipinski definition) is 8. The molecule has 4 amide bonds. The van der Waals surface area contributed by atoms with Crippen molar-refractivity contribution in [2.75, 3.05) is 26.8 Å². The molecule has 12 nitrogen and oxygen atoms in total. The molecule has 12 heteroatoms. The van der Waals surface area contributed by atoms with Crippen LogP contribution in [-0.2, 0) is 28.7 Å². The van der Waals surface area contributed by atoms with E-state index in [9.17, 15) is 29.1 Å². The molecule has 0 saturated carbocycles. The quantitative estimate of drug-likeness (QED) is 0.291. The van der Waals surface area contributed by atoms with Crippen LogP contribution in [-0.4, -0.2) is 78.2 Å². The van der Waals surface area contributed by atoms with E-state index >= 15 is 0 Å². The number of rotatable bonds is 12. The van der Waals surface area contributed by atoms with Gasteiger partial charge in [-0.05, 0) is 39.7 Å². The summed E-state index contributed by atoms with van der Waals surface area (Å²) in [6.45, 7) is 5.54. The largest absolute Gasteiger partial charge is 0.468 e. The number of aliphatic hydroxyl groups is 1. The number of aliphatic hydroxyl groups excluding tert-OH is 1. The SMILES string of the molecule is COC(=O)CNC(=O)C(c1ccc(C)cc1)N(CCO)C(=O)C(CCC(N)=O)NC(=O)OC(C)(C)C. The number of hydrogen-bond donors (Lipinski definition) is 4. The Balaban J connectivity index is 3.40. The van der Waals surface area contributed by atoms with Crippen LogP contribution in [0.15, 0.2) is 24.3 Å². The van der Waals surface area contributed by atoms with Crippen LogP contribution in [0.1, 0.15) is 50.8 Å². The third-order valence-electron chi connectivity index (χ3n) is 4.88. The van der Waals surface area contributed by atoms with Crippen LogP contribution in [0.25, 0.3) is 0 Å². The number of nitrogens with one attached hydrogen (secondary N) is 2. The number of aryl methyl sites for hydroxylation is 1. The lowest BCUT2D eigenvalue weighted by Crippen LogP contribution is -2.54. The fraction of sp³-hybridized carbons (Fsp3) is 0.542. The highest BCUT2D eigenvalue weighted by Gasteiger charge is 2.36. The smallest absolute Gasteiger partial charge is 0.408 e. The average Bonchev–Trinajstić information content (AvgIpc) is 2.79. The van der Waals surface area contributed by atoms with Crippen LogP contribution >= 0.6 is 0 Å². The second-order valence-electron chi connectivity index (χ2n) is 9.07. The topological polar surface area (TPSA) is 177 Å². The van der Waals surface area contributed by atoms with Crippen molar-refractivity contribution in [2.24, 2.45) is 5.73 Å². The molecule has 2 atom stereocenters. The highest BCUT2D eigenvalue weighted by atomic mass is 16.6. The Hall–Kier alpha value is -3.67. The minimum absolute atomic E-state index is 0.167. The molecule has 0 aliphatic heterocycles. The number of nitrogens with two attached hydrogens (primary N) is 1. The van der Waals surface area contributed by atoms with Gasteiger partial charge in [-0.25, -0.2) is 4.79 Å². The standard InChI is InChI=1S/C24H36N4O8/c1-15-6-8-16(9-7-15)20(21(32)26-14-19(31)35-5)28(12-13-29)22(33)17(10-11-18(25)30)27-23(34)36-24(2,3)4/h6-9,17,20,29H,10-14H2,1-5H3,(H2,25,30)(H,26,32)(H,27,34). The summed E-state index contributed by atoms with van der Waals surface area (Å²) in [5.74, 6) is -2.86. The number of benzene rings is 1. The molecule has 0 fully saturated rings. The van der Waals surface area contributed by atoms with E-state index in [0.29, 0.717) is 5.56 Å². The molecule has 0 spiro atoms. The van der Waals surface area contributed by atoms with Crippen molar-refractivity contribution in [3.8, 4) is 0 Å². The first-order valence-electron chi connectivity index (χ1n) is 11.4. The number of nitrogens with zero attached hydrogens (tertiary/aromatic N) is 1. The minimum Gasteiger partial charge on any atom is -0.468 e. The van der Waals surface area contributed by atoms with E-state index < -0.39 is 60.6 Å². The summed E-state index contributed by atoms with van der Waals surface area (Å²) in [5.41, 5.74) is 5.69. The van der Waals surface area contributed by atoms with E-state index in [1.165, 1.54) is 7.11 Å². The Morgan fingerprint density at radius 3 is 2.22 bits per heavy atom. The maximum atomic E-state index is 13.6. The van der Waals surface area contributed by atoms with Crippen LogP contribution in [0.2, 0.25) is 0 Å². The molecule has 0 saturated heterocycles. The molecule has 0 aliphatic carbocycles. The number of primary amides is 1. The summed E-state index contributed by atoms with van der Waals surface area (Å²) >= 11 is 0. The zero-order valence-corrected chi connectivity index (χ0v) is 21.3. The second kappa shape index (κ2) is 14.0. The lowest BCUT2D eigenvalue weighted by Gasteiger charge is -2.34. The maximum Gasteiger partial charge on any atom is 0.408 e. The summed E-state index contributed by atoms with van der Waals surface area (Å²) in [7, 11) is 1.17. The van der Waals surface area contributed by atoms with E-state index in [-0.39, 0.29) is 19.4 Å². The van der Waals surface area contributed by atoms with Gasteiger partial charge in [0.1, 0.15) is 24.2 Å². The molecule has 0 bridgehead atoms. The molecule has 1 aromatic rings. The minimum atomic E-state index is -1.29. The van der Waals surface area contributed by atoms with Gasteiger partial charge < -0.3 is 35.8 Å². The summed E-state index contributed by atoms with van der Waals surface area (Å²) in [4.78, 5) is 63.3. The van der Waals surface area contributed by atoms with E-state index in [1.807, 2.05) is 6.92 Å². The lowest BCUT2D eigenvalue weighted by atomic mass is 10.0. The number of methoxy groups -OCH3 is 1. The predicted octanol–water partition coefficient (Wildman–Crippen LogP) is 0.305. The van der Waals surface area contributed by atoms with E-state index in [1.54, 1.807) is 45.0 Å². The maximum absolute atomic E-state index is 13.6. The third-order valence-corrected chi connectivity index (χ3v) is 4.88. The molecule has 0 radical (unpaired) electrons. The normalized spacial score (nSPS) is 12.6. The molecular weight excluding hydrogens is 472 g/mol. The van der Waals surface area contributed by atoms with Gasteiger partial charge in [-0.1, -0.05) is 29.8 Å². The number of ether oxygens (including phenoxy) is 2. The van der Waals surface area contributed by atoms with Gasteiger partial charge in [-0.2, -0.15) is 0 Å². The van der Waals surface area contributed by atoms with Crippen molar-refractivity contribution >= 4 is 29.8 Å². The summed E-state index contributed by atoms with van der Waals surface area (Å²) in [6.07, 6.45) is -1.31. The van der Waals surface area contributed by atoms with Gasteiger partial charge >= 0.3 is 12.1 Å². The Bertz CT molecular complexity index is 927. The number of esters is 1. The van der Waals surface area contributed by atoms with Crippen molar-refractivity contribution < 1.29 is 38.6 Å². The van der Waals surface area contributed by atoms with Crippen molar-refractivity contribution in [1.29, 1.82) is 0 Å². The zero-order valence-electron chi connectivity index (χ0n) is 21.3. The molecule has 1 aromatic carbocycles. The third kappa shape index (κ3) is 10.3. The van der Waals surface area contributed by atoms with Gasteiger partial charge in [0.25, 0.3) is 0 Å². The molecule has 5 N–H and O–H groups in total. The summed E-state index contributed by atoms with van der Waals surface area (Å²) in [6, 6.07) is 4.18. The number of amides is 4. The van der Waals surface area contributed by atoms with Gasteiger partial charge in [0.15, 0.2) is 0 Å². The van der Waals surface area contributed by atoms with Gasteiger partial charge in [-0.15, -0.1) is 0 Å². The number of carbonyl (C=O) groups is 5. The van der Waals surface area contributed by atoms with Crippen molar-refractivity contribution in [2.45, 2.75) is 58.2 Å². The van der Waals surface area contributed by atoms with E-state index in [2.05, 4.69) is 15.4 Å². The van der Waals surface area contributed by atoms with Crippen molar-refractivity contribution in [3.63, 3.8) is 0 Å². The van der Waals surface area contributed by atoms with Crippen molar-refractivity contribution in [3.05, 3.63) is 35.4 Å². The number of alkyl carbamates (subject to hydrolysis) is 1. The van der Waals surface area contributed by atoms with Gasteiger partial charge in [0, 0.05) is 13.0 Å². The lowest BCUT2D eigenvalue weighted by molar-refractivity contribution is -0.145. The second-order valence-corrected chi connectivity index (χ2v) is 9.07. The monoisotopic (exact) mass is 508 g/mol. The van der Waals surface area contributed by atoms with Gasteiger partial charge in [-0.3, -0.25) is 19.2 Å². The fourth-order valence-corrected chi connectivity index (χ4v) is 3.22. The van der Waals surface area contributed by atoms with Crippen LogP contribution < -0.4 is 16.4 Å². The molecular formula is C24H36N4O8. The van der Waals surface area contributed by atoms with Crippen LogP contribution in [0, 0.1) is 6.92 Å². The Kier molecular flexibility index (Phi) is 11.8. The highest BCUT2D eigenvalue weighted by Crippen LogP contribution is 2.24. The summed E-state index contributed by atoms with van der Waals surface area (Å²) in [5, 5.41) is 14.6. The van der Waals surface area contributed by atoms with Crippen LogP contribution in [0.4, 0.5) is 4.79 Å². The Morgan fingerprint density at radius 1 is 1.11 bits per heavy atom. The number of carbonyl (C=O) groups excluding carboxylic acids is 5. The molecule has 0 aliphatic rings. The molecule has 200 valence electrons. The molecule has 2 unspecified atom stereocenters. The van der Waals surface area contributed by atoms with Crippen molar-refractivity contribution in [1.82, 2.24) is 15.5 Å². The first-order chi connectivity index (χ1) is 16.8. The van der Waals surface area contributed by atoms with Gasteiger partial charge in [0.05, 0.1) is 13.7 Å². The van der Waals surface area contributed by atoms with E-state index in [0.717, 1.165) is 10.5 Å². The first-order valence-corrected chi connectivity index (χ1v) is 11.4. The van der Waals surface area contributed by atoms with E-state index in [4.69, 9.17) is 10.5 Å². The molecule has 1 rings (SSSR count). The fourth-order valence-electron chi connectivity index (χ4n) is 3.22. The van der Waals surface area contributed by atoms with Crippen LogP contribution in [0.5, 0.6) is 0 Å². The first kappa shape index (κ1) is 30.4. The predicted molar refractivity (Wildman–Crippen MR) is 129 cm³/mol. The molecule has 36 heavy (non-hydrogen) atoms. The van der Waals surface area contributed by atoms with Gasteiger partial charge in [0.2, 0.25) is 17.7 Å².